The fraction of sp³-hybridized carbons (Fsp3) is 0.600. The molecule has 2 aliphatic rings. The number of carbonyl (C=O) groups is 2. The van der Waals surface area contributed by atoms with Crippen LogP contribution in [0.2, 0.25) is 0 Å². The van der Waals surface area contributed by atoms with Gasteiger partial charge in [0, 0.05) is 36.3 Å². The SMILES string of the molecule is CC1CCN(C(=O)c2ccc(NC(=O)[C@H]3CCN[C@@H](C)C3)cc2)CC1.Cl. The first-order chi connectivity index (χ1) is 12.0. The second-order valence-corrected chi connectivity index (χ2v) is 7.62. The van der Waals surface area contributed by atoms with E-state index in [1.54, 1.807) is 0 Å². The van der Waals surface area contributed by atoms with Crippen molar-refractivity contribution in [2.24, 2.45) is 11.8 Å². The Kier molecular flexibility index (Phi) is 7.47. The molecule has 2 saturated heterocycles. The molecule has 0 aliphatic carbocycles. The zero-order chi connectivity index (χ0) is 17.8. The van der Waals surface area contributed by atoms with E-state index in [-0.39, 0.29) is 30.1 Å². The summed E-state index contributed by atoms with van der Waals surface area (Å²) in [5.74, 6) is 0.946. The van der Waals surface area contributed by atoms with E-state index < -0.39 is 0 Å². The molecule has 26 heavy (non-hydrogen) atoms. The molecule has 0 bridgehead atoms. The molecule has 2 heterocycles. The fourth-order valence-electron chi connectivity index (χ4n) is 3.70. The van der Waals surface area contributed by atoms with Gasteiger partial charge in [0.2, 0.25) is 5.91 Å². The standard InChI is InChI=1S/C20H29N3O2.ClH/c1-14-8-11-23(12-9-14)20(25)16-3-5-18(6-4-16)22-19(24)17-7-10-21-15(2)13-17;/h3-6,14-15,17,21H,7-13H2,1-2H3,(H,22,24);1H/t15-,17-;/m0./s1. The van der Waals surface area contributed by atoms with Gasteiger partial charge in [0.15, 0.2) is 0 Å². The summed E-state index contributed by atoms with van der Waals surface area (Å²) >= 11 is 0. The smallest absolute Gasteiger partial charge is 0.253 e. The van der Waals surface area contributed by atoms with E-state index in [2.05, 4.69) is 24.5 Å². The Morgan fingerprint density at radius 1 is 1.08 bits per heavy atom. The summed E-state index contributed by atoms with van der Waals surface area (Å²) in [5, 5.41) is 6.35. The molecule has 1 aromatic carbocycles. The summed E-state index contributed by atoms with van der Waals surface area (Å²) in [6.45, 7) is 6.92. The van der Waals surface area contributed by atoms with Crippen molar-refractivity contribution in [3.63, 3.8) is 0 Å². The van der Waals surface area contributed by atoms with Gasteiger partial charge in [0.05, 0.1) is 0 Å². The van der Waals surface area contributed by atoms with E-state index in [0.717, 1.165) is 51.0 Å². The normalized spacial score (nSPS) is 23.8. The van der Waals surface area contributed by atoms with Crippen molar-refractivity contribution >= 4 is 29.9 Å². The Morgan fingerprint density at radius 2 is 1.73 bits per heavy atom. The lowest BCUT2D eigenvalue weighted by Crippen LogP contribution is -2.40. The Labute approximate surface area is 162 Å². The van der Waals surface area contributed by atoms with Crippen LogP contribution in [0, 0.1) is 11.8 Å². The predicted molar refractivity (Wildman–Crippen MR) is 107 cm³/mol. The van der Waals surface area contributed by atoms with Crippen LogP contribution >= 0.6 is 12.4 Å². The maximum absolute atomic E-state index is 12.6. The lowest BCUT2D eigenvalue weighted by molar-refractivity contribution is -0.120. The molecule has 0 spiro atoms. The van der Waals surface area contributed by atoms with Gasteiger partial charge in [-0.15, -0.1) is 12.4 Å². The highest BCUT2D eigenvalue weighted by Gasteiger charge is 2.25. The number of likely N-dealkylation sites (tertiary alicyclic amines) is 1. The largest absolute Gasteiger partial charge is 0.339 e. The van der Waals surface area contributed by atoms with Crippen LogP contribution in [0.15, 0.2) is 24.3 Å². The fourth-order valence-corrected chi connectivity index (χ4v) is 3.70. The summed E-state index contributed by atoms with van der Waals surface area (Å²) in [6, 6.07) is 7.70. The summed E-state index contributed by atoms with van der Waals surface area (Å²) < 4.78 is 0. The van der Waals surface area contributed by atoms with Gasteiger partial charge in [-0.3, -0.25) is 9.59 Å². The van der Waals surface area contributed by atoms with Crippen molar-refractivity contribution in [2.75, 3.05) is 25.0 Å². The monoisotopic (exact) mass is 379 g/mol. The topological polar surface area (TPSA) is 61.4 Å². The second-order valence-electron chi connectivity index (χ2n) is 7.62. The molecule has 2 aliphatic heterocycles. The molecule has 0 aromatic heterocycles. The molecule has 2 amide bonds. The first kappa shape index (κ1) is 20.7. The lowest BCUT2D eigenvalue weighted by atomic mass is 9.92. The maximum Gasteiger partial charge on any atom is 0.253 e. The van der Waals surface area contributed by atoms with Crippen LogP contribution in [-0.2, 0) is 4.79 Å². The van der Waals surface area contributed by atoms with Crippen molar-refractivity contribution in [2.45, 2.75) is 45.6 Å². The van der Waals surface area contributed by atoms with Gasteiger partial charge < -0.3 is 15.5 Å². The van der Waals surface area contributed by atoms with Gasteiger partial charge in [0.1, 0.15) is 0 Å². The predicted octanol–water partition coefficient (Wildman–Crippen LogP) is 3.31. The molecule has 3 rings (SSSR count). The number of piperidine rings is 2. The van der Waals surface area contributed by atoms with Gasteiger partial charge in [-0.1, -0.05) is 6.92 Å². The van der Waals surface area contributed by atoms with Crippen LogP contribution in [0.25, 0.3) is 0 Å². The average Bonchev–Trinajstić information content (AvgIpc) is 2.62. The third-order valence-electron chi connectivity index (χ3n) is 5.46. The molecule has 2 fully saturated rings. The number of hydrogen-bond donors (Lipinski definition) is 2. The molecule has 6 heteroatoms. The summed E-state index contributed by atoms with van der Waals surface area (Å²) in [4.78, 5) is 26.9. The Hall–Kier alpha value is -1.59. The Morgan fingerprint density at radius 3 is 2.35 bits per heavy atom. The minimum Gasteiger partial charge on any atom is -0.339 e. The zero-order valence-corrected chi connectivity index (χ0v) is 16.5. The molecule has 2 N–H and O–H groups in total. The molecule has 0 unspecified atom stereocenters. The number of nitrogens with zero attached hydrogens (tertiary/aromatic N) is 1. The summed E-state index contributed by atoms with van der Waals surface area (Å²) in [6.07, 6.45) is 3.90. The van der Waals surface area contributed by atoms with Crippen molar-refractivity contribution in [1.29, 1.82) is 0 Å². The Bertz CT molecular complexity index is 612. The molecular weight excluding hydrogens is 350 g/mol. The van der Waals surface area contributed by atoms with Crippen LogP contribution in [-0.4, -0.2) is 42.4 Å². The molecule has 1 aromatic rings. The average molecular weight is 380 g/mol. The van der Waals surface area contributed by atoms with Crippen LogP contribution in [0.5, 0.6) is 0 Å². The van der Waals surface area contributed by atoms with Gasteiger partial charge in [-0.2, -0.15) is 0 Å². The molecule has 0 radical (unpaired) electrons. The van der Waals surface area contributed by atoms with E-state index in [0.29, 0.717) is 17.5 Å². The minimum absolute atomic E-state index is 0. The van der Waals surface area contributed by atoms with E-state index in [1.165, 1.54) is 0 Å². The highest BCUT2D eigenvalue weighted by molar-refractivity contribution is 5.96. The third-order valence-corrected chi connectivity index (χ3v) is 5.46. The second kappa shape index (κ2) is 9.38. The number of benzene rings is 1. The number of carbonyl (C=O) groups excluding carboxylic acids is 2. The molecule has 144 valence electrons. The van der Waals surface area contributed by atoms with Gasteiger partial charge in [-0.25, -0.2) is 0 Å². The first-order valence-corrected chi connectivity index (χ1v) is 9.46. The van der Waals surface area contributed by atoms with Gasteiger partial charge in [-0.05, 0) is 69.3 Å². The molecular formula is C20H30ClN3O2. The summed E-state index contributed by atoms with van der Waals surface area (Å²) in [7, 11) is 0. The number of rotatable bonds is 3. The highest BCUT2D eigenvalue weighted by atomic mass is 35.5. The molecule has 5 nitrogen and oxygen atoms in total. The van der Waals surface area contributed by atoms with Crippen molar-refractivity contribution in [1.82, 2.24) is 10.2 Å². The highest BCUT2D eigenvalue weighted by Crippen LogP contribution is 2.21. The van der Waals surface area contributed by atoms with Crippen LogP contribution in [0.1, 0.15) is 49.9 Å². The number of nitrogens with one attached hydrogen (secondary N) is 2. The quantitative estimate of drug-likeness (QED) is 0.846. The molecule has 2 atom stereocenters. The number of halogens is 1. The molecule has 0 saturated carbocycles. The van der Waals surface area contributed by atoms with E-state index in [1.807, 2.05) is 29.2 Å². The van der Waals surface area contributed by atoms with Crippen molar-refractivity contribution in [3.8, 4) is 0 Å². The lowest BCUT2D eigenvalue weighted by Gasteiger charge is -2.30. The van der Waals surface area contributed by atoms with E-state index in [9.17, 15) is 9.59 Å². The van der Waals surface area contributed by atoms with Crippen LogP contribution in [0.4, 0.5) is 5.69 Å². The first-order valence-electron chi connectivity index (χ1n) is 9.46. The Balaban J connectivity index is 0.00000243. The summed E-state index contributed by atoms with van der Waals surface area (Å²) in [5.41, 5.74) is 1.46. The van der Waals surface area contributed by atoms with E-state index in [4.69, 9.17) is 0 Å². The van der Waals surface area contributed by atoms with Gasteiger partial charge >= 0.3 is 0 Å². The van der Waals surface area contributed by atoms with Gasteiger partial charge in [0.25, 0.3) is 5.91 Å². The van der Waals surface area contributed by atoms with Crippen molar-refractivity contribution in [3.05, 3.63) is 29.8 Å². The minimum atomic E-state index is 0. The number of amides is 2. The van der Waals surface area contributed by atoms with E-state index >= 15 is 0 Å². The van der Waals surface area contributed by atoms with Crippen LogP contribution in [0.3, 0.4) is 0 Å². The third kappa shape index (κ3) is 5.21. The maximum atomic E-state index is 12.6. The van der Waals surface area contributed by atoms with Crippen LogP contribution < -0.4 is 10.6 Å². The number of anilines is 1. The zero-order valence-electron chi connectivity index (χ0n) is 15.7. The number of hydrogen-bond acceptors (Lipinski definition) is 3. The van der Waals surface area contributed by atoms with Crippen molar-refractivity contribution < 1.29 is 9.59 Å².